The van der Waals surface area contributed by atoms with Crippen molar-refractivity contribution in [3.05, 3.63) is 83.7 Å². The number of hydrogen-bond donors (Lipinski definition) is 3. The van der Waals surface area contributed by atoms with Crippen LogP contribution in [-0.4, -0.2) is 54.4 Å². The number of carboxylic acids is 1. The fraction of sp³-hybridized carbons (Fsp3) is 0.231. The number of aliphatic carboxylic acids is 1. The van der Waals surface area contributed by atoms with E-state index in [2.05, 4.69) is 27.8 Å². The van der Waals surface area contributed by atoms with Gasteiger partial charge in [-0.3, -0.25) is 14.9 Å². The van der Waals surface area contributed by atoms with Crippen LogP contribution in [0.25, 0.3) is 11.1 Å². The van der Waals surface area contributed by atoms with Crippen LogP contribution in [-0.2, 0) is 14.3 Å². The summed E-state index contributed by atoms with van der Waals surface area (Å²) in [4.78, 5) is 40.2. The number of carbonyl (C=O) groups excluding carboxylic acids is 2. The third-order valence-corrected chi connectivity index (χ3v) is 5.83. The Hall–Kier alpha value is -4.24. The molecular formula is C26H25N3O6. The number of benzene rings is 2. The number of carbonyl (C=O) groups is 3. The molecule has 1 aromatic heterocycles. The first-order valence-electron chi connectivity index (χ1n) is 11.1. The Morgan fingerprint density at radius 2 is 1.66 bits per heavy atom. The number of ether oxygens (including phenoxy) is 2. The molecule has 0 saturated carbocycles. The van der Waals surface area contributed by atoms with Gasteiger partial charge in [0.15, 0.2) is 5.69 Å². The van der Waals surface area contributed by atoms with Crippen LogP contribution in [0.4, 0.5) is 10.5 Å². The number of amides is 2. The molecule has 0 saturated heterocycles. The molecule has 1 unspecified atom stereocenters. The Morgan fingerprint density at radius 3 is 2.29 bits per heavy atom. The zero-order valence-electron chi connectivity index (χ0n) is 19.1. The number of rotatable bonds is 9. The summed E-state index contributed by atoms with van der Waals surface area (Å²) in [5.41, 5.74) is 4.59. The normalized spacial score (nSPS) is 12.8. The zero-order valence-corrected chi connectivity index (χ0v) is 19.1. The van der Waals surface area contributed by atoms with Crippen LogP contribution in [0.5, 0.6) is 0 Å². The molecule has 1 aliphatic rings. The third kappa shape index (κ3) is 5.47. The van der Waals surface area contributed by atoms with E-state index in [9.17, 15) is 14.4 Å². The molecule has 9 heteroatoms. The van der Waals surface area contributed by atoms with E-state index < -0.39 is 24.1 Å². The summed E-state index contributed by atoms with van der Waals surface area (Å²) in [6.07, 6.45) is -0.250. The van der Waals surface area contributed by atoms with E-state index in [1.54, 1.807) is 6.07 Å². The number of fused-ring (bicyclic) bond motifs is 3. The van der Waals surface area contributed by atoms with Gasteiger partial charge in [0, 0.05) is 25.8 Å². The highest BCUT2D eigenvalue weighted by Crippen LogP contribution is 2.44. The lowest BCUT2D eigenvalue weighted by atomic mass is 9.98. The number of pyridine rings is 1. The lowest BCUT2D eigenvalue weighted by Crippen LogP contribution is -2.35. The van der Waals surface area contributed by atoms with E-state index >= 15 is 0 Å². The van der Waals surface area contributed by atoms with Crippen LogP contribution in [0, 0.1) is 0 Å². The summed E-state index contributed by atoms with van der Waals surface area (Å²) in [6.45, 7) is 0.106. The maximum absolute atomic E-state index is 12.6. The first-order chi connectivity index (χ1) is 17.0. The molecule has 0 radical (unpaired) electrons. The predicted molar refractivity (Wildman–Crippen MR) is 128 cm³/mol. The monoisotopic (exact) mass is 475 g/mol. The number of anilines is 1. The summed E-state index contributed by atoms with van der Waals surface area (Å²) in [5, 5.41) is 14.1. The van der Waals surface area contributed by atoms with Crippen LogP contribution in [0.2, 0.25) is 0 Å². The van der Waals surface area contributed by atoms with Gasteiger partial charge >= 0.3 is 12.1 Å². The average molecular weight is 476 g/mol. The largest absolute Gasteiger partial charge is 0.481 e. The van der Waals surface area contributed by atoms with Crippen molar-refractivity contribution in [3.8, 4) is 11.1 Å². The van der Waals surface area contributed by atoms with Gasteiger partial charge in [-0.15, -0.1) is 0 Å². The Kier molecular flexibility index (Phi) is 7.37. The standard InChI is InChI=1S/C26H25N3O6/c1-34-16(13-23(30)31)14-28-25(32)24-22(11-6-12-27-24)29-26(33)35-15-21-19-9-4-2-7-17(19)18-8-3-5-10-20(18)21/h2-12,16,21H,13-15H2,1H3,(H,28,32)(H,29,33)(H,30,31). The van der Waals surface area contributed by atoms with Crippen molar-refractivity contribution in [3.63, 3.8) is 0 Å². The van der Waals surface area contributed by atoms with Crippen LogP contribution in [0.15, 0.2) is 66.9 Å². The van der Waals surface area contributed by atoms with Crippen molar-refractivity contribution < 1.29 is 29.0 Å². The highest BCUT2D eigenvalue weighted by Gasteiger charge is 2.29. The number of aromatic nitrogens is 1. The molecule has 1 atom stereocenters. The topological polar surface area (TPSA) is 127 Å². The van der Waals surface area contributed by atoms with Gasteiger partial charge in [-0.05, 0) is 34.4 Å². The second-order valence-corrected chi connectivity index (χ2v) is 8.02. The molecule has 2 aromatic carbocycles. The van der Waals surface area contributed by atoms with Crippen molar-refractivity contribution >= 4 is 23.7 Å². The van der Waals surface area contributed by atoms with Crippen molar-refractivity contribution in [1.29, 1.82) is 0 Å². The van der Waals surface area contributed by atoms with Crippen LogP contribution >= 0.6 is 0 Å². The second kappa shape index (κ2) is 10.8. The smallest absolute Gasteiger partial charge is 0.411 e. The molecule has 0 spiro atoms. The molecule has 2 amide bonds. The number of methoxy groups -OCH3 is 1. The van der Waals surface area contributed by atoms with Crippen molar-refractivity contribution in [1.82, 2.24) is 10.3 Å². The minimum Gasteiger partial charge on any atom is -0.481 e. The highest BCUT2D eigenvalue weighted by atomic mass is 16.5. The van der Waals surface area contributed by atoms with Gasteiger partial charge in [0.1, 0.15) is 6.61 Å². The minimum atomic E-state index is -1.04. The van der Waals surface area contributed by atoms with Gasteiger partial charge in [0.05, 0.1) is 18.2 Å². The van der Waals surface area contributed by atoms with Crippen LogP contribution < -0.4 is 10.6 Å². The summed E-state index contributed by atoms with van der Waals surface area (Å²) in [5.74, 6) is -1.71. The Labute approximate surface area is 202 Å². The first kappa shape index (κ1) is 23.9. The molecule has 9 nitrogen and oxygen atoms in total. The van der Waals surface area contributed by atoms with Crippen LogP contribution in [0.3, 0.4) is 0 Å². The molecule has 3 aromatic rings. The second-order valence-electron chi connectivity index (χ2n) is 8.02. The Bertz CT molecular complexity index is 1200. The molecule has 0 bridgehead atoms. The molecule has 35 heavy (non-hydrogen) atoms. The average Bonchev–Trinajstić information content (AvgIpc) is 3.19. The Morgan fingerprint density at radius 1 is 1.00 bits per heavy atom. The molecule has 4 rings (SSSR count). The predicted octanol–water partition coefficient (Wildman–Crippen LogP) is 3.66. The van der Waals surface area contributed by atoms with E-state index in [0.29, 0.717) is 0 Å². The quantitative estimate of drug-likeness (QED) is 0.431. The summed E-state index contributed by atoms with van der Waals surface area (Å²) in [6, 6.07) is 19.2. The van der Waals surface area contributed by atoms with Gasteiger partial charge in [0.25, 0.3) is 5.91 Å². The molecule has 3 N–H and O–H groups in total. The lowest BCUT2D eigenvalue weighted by Gasteiger charge is -2.16. The molecule has 1 aliphatic carbocycles. The molecule has 0 aliphatic heterocycles. The van der Waals surface area contributed by atoms with E-state index in [-0.39, 0.29) is 36.9 Å². The van der Waals surface area contributed by atoms with Gasteiger partial charge in [0.2, 0.25) is 0 Å². The van der Waals surface area contributed by atoms with Crippen molar-refractivity contribution in [2.24, 2.45) is 0 Å². The van der Waals surface area contributed by atoms with E-state index in [1.165, 1.54) is 19.4 Å². The lowest BCUT2D eigenvalue weighted by molar-refractivity contribution is -0.139. The van der Waals surface area contributed by atoms with Crippen molar-refractivity contribution in [2.45, 2.75) is 18.4 Å². The maximum Gasteiger partial charge on any atom is 0.411 e. The number of nitrogens with one attached hydrogen (secondary N) is 2. The van der Waals surface area contributed by atoms with E-state index in [4.69, 9.17) is 14.6 Å². The molecular weight excluding hydrogens is 450 g/mol. The summed E-state index contributed by atoms with van der Waals surface area (Å²) < 4.78 is 10.6. The van der Waals surface area contributed by atoms with Crippen LogP contribution in [0.1, 0.15) is 34.0 Å². The van der Waals surface area contributed by atoms with Gasteiger partial charge in [-0.2, -0.15) is 0 Å². The molecule has 0 fully saturated rings. The fourth-order valence-electron chi connectivity index (χ4n) is 4.16. The van der Waals surface area contributed by atoms with Gasteiger partial charge in [-0.25, -0.2) is 9.78 Å². The van der Waals surface area contributed by atoms with Gasteiger partial charge < -0.3 is 19.9 Å². The van der Waals surface area contributed by atoms with E-state index in [1.807, 2.05) is 36.4 Å². The number of carboxylic acid groups (broad SMARTS) is 1. The first-order valence-corrected chi connectivity index (χ1v) is 11.1. The SMILES string of the molecule is COC(CNC(=O)c1ncccc1NC(=O)OCC1c2ccccc2-c2ccccc21)CC(=O)O. The third-order valence-electron chi connectivity index (χ3n) is 5.83. The molecule has 1 heterocycles. The zero-order chi connectivity index (χ0) is 24.8. The maximum atomic E-state index is 12.6. The Balaban J connectivity index is 1.40. The summed E-state index contributed by atoms with van der Waals surface area (Å²) in [7, 11) is 1.37. The highest BCUT2D eigenvalue weighted by molar-refractivity contribution is 6.00. The van der Waals surface area contributed by atoms with Crippen molar-refractivity contribution in [2.75, 3.05) is 25.6 Å². The summed E-state index contributed by atoms with van der Waals surface area (Å²) >= 11 is 0. The number of nitrogens with zero attached hydrogens (tertiary/aromatic N) is 1. The van der Waals surface area contributed by atoms with Gasteiger partial charge in [-0.1, -0.05) is 48.5 Å². The minimum absolute atomic E-state index is 0.0221. The molecule has 180 valence electrons. The fourth-order valence-corrected chi connectivity index (χ4v) is 4.16. The number of hydrogen-bond acceptors (Lipinski definition) is 6. The van der Waals surface area contributed by atoms with E-state index in [0.717, 1.165) is 22.3 Å².